The number of rotatable bonds is 9. The Morgan fingerprint density at radius 2 is 1.57 bits per heavy atom. The van der Waals surface area contributed by atoms with E-state index in [1.54, 1.807) is 6.92 Å². The van der Waals surface area contributed by atoms with Crippen LogP contribution in [0.4, 0.5) is 0 Å². The summed E-state index contributed by atoms with van der Waals surface area (Å²) < 4.78 is 17.2. The van der Waals surface area contributed by atoms with Crippen LogP contribution in [-0.2, 0) is 18.5 Å². The molecule has 0 aromatic heterocycles. The maximum atomic E-state index is 12.5. The Bertz CT molecular complexity index is 423. The molecule has 0 saturated carbocycles. The highest BCUT2D eigenvalue weighted by molar-refractivity contribution is 6.70. The van der Waals surface area contributed by atoms with Crippen molar-refractivity contribution in [3.05, 3.63) is 11.3 Å². The summed E-state index contributed by atoms with van der Waals surface area (Å²) in [5.41, 5.74) is 3.63. The number of esters is 1. The van der Waals surface area contributed by atoms with E-state index in [0.29, 0.717) is 17.9 Å². The Kier molecular flexibility index (Phi) is 8.76. The summed E-state index contributed by atoms with van der Waals surface area (Å²) in [6, 6.07) is -0.267. The van der Waals surface area contributed by atoms with Gasteiger partial charge in [-0.15, -0.1) is 0 Å². The van der Waals surface area contributed by atoms with Gasteiger partial charge >= 0.3 is 5.97 Å². The third-order valence-electron chi connectivity index (χ3n) is 2.80. The van der Waals surface area contributed by atoms with Crippen molar-refractivity contribution >= 4 is 22.6 Å². The molecule has 1 unspecified atom stereocenters. The summed E-state index contributed by atoms with van der Waals surface area (Å²) in [4.78, 5) is 12.5. The largest absolute Gasteiger partial charge is 0.547 e. The third-order valence-corrected chi connectivity index (χ3v) is 4.45. The second-order valence-corrected chi connectivity index (χ2v) is 16.8. The van der Waals surface area contributed by atoms with Gasteiger partial charge in [0.2, 0.25) is 16.6 Å². The van der Waals surface area contributed by atoms with Gasteiger partial charge in [-0.2, -0.15) is 0 Å². The molecule has 0 aliphatic rings. The monoisotopic (exact) mass is 361 g/mol. The first-order chi connectivity index (χ1) is 10.3. The molecule has 0 aromatic rings. The molecule has 0 rings (SSSR count). The first-order valence-electron chi connectivity index (χ1n) is 8.29. The van der Waals surface area contributed by atoms with Crippen LogP contribution in [-0.4, -0.2) is 35.3 Å². The molecule has 23 heavy (non-hydrogen) atoms. The average molecular weight is 362 g/mol. The van der Waals surface area contributed by atoms with Crippen LogP contribution in [0.15, 0.2) is 11.3 Å². The van der Waals surface area contributed by atoms with Gasteiger partial charge in [-0.1, -0.05) is 13.8 Å². The highest BCUT2D eigenvalue weighted by atomic mass is 28.4. The van der Waals surface area contributed by atoms with E-state index in [0.717, 1.165) is 0 Å². The van der Waals surface area contributed by atoms with Crippen molar-refractivity contribution in [3.8, 4) is 0 Å². The fourth-order valence-corrected chi connectivity index (χ4v) is 3.49. The number of hydroxylamine groups is 1. The Morgan fingerprint density at radius 3 is 1.91 bits per heavy atom. The van der Waals surface area contributed by atoms with E-state index in [1.807, 2.05) is 20.8 Å². The van der Waals surface area contributed by atoms with E-state index in [1.165, 1.54) is 0 Å². The first kappa shape index (κ1) is 22.4. The van der Waals surface area contributed by atoms with Crippen LogP contribution in [0.2, 0.25) is 39.3 Å². The third kappa shape index (κ3) is 9.29. The summed E-state index contributed by atoms with van der Waals surface area (Å²) >= 11 is 0. The van der Waals surface area contributed by atoms with E-state index >= 15 is 0 Å². The molecule has 5 nitrogen and oxygen atoms in total. The first-order valence-corrected chi connectivity index (χ1v) is 15.1. The second kappa shape index (κ2) is 9.01. The van der Waals surface area contributed by atoms with Crippen molar-refractivity contribution < 1.29 is 18.5 Å². The van der Waals surface area contributed by atoms with Crippen molar-refractivity contribution in [3.63, 3.8) is 0 Å². The Hall–Kier alpha value is -0.636. The maximum absolute atomic E-state index is 12.5. The molecule has 0 fully saturated rings. The number of allylic oxidation sites excluding steroid dienone is 1. The van der Waals surface area contributed by atoms with Gasteiger partial charge in [-0.05, 0) is 59.0 Å². The predicted octanol–water partition coefficient (Wildman–Crippen LogP) is 4.06. The van der Waals surface area contributed by atoms with Gasteiger partial charge in [0, 0.05) is 0 Å². The molecule has 0 heterocycles. The van der Waals surface area contributed by atoms with Crippen LogP contribution < -0.4 is 5.48 Å². The molecule has 0 radical (unpaired) electrons. The fraction of sp³-hybridized carbons (Fsp3) is 0.812. The average Bonchev–Trinajstić information content (AvgIpc) is 2.30. The normalized spacial score (nSPS) is 15.3. The quantitative estimate of drug-likeness (QED) is 0.221. The standard InChI is InChI=1S/C16H35NO4Si2/c1-11-19-16(18)14(13(4)20-22(5,6)7)15(12(2)3)17-21-23(8,9)10/h12,15,17H,11H2,1-10H3/b14-13-. The number of hydrogen-bond donors (Lipinski definition) is 1. The molecular weight excluding hydrogens is 326 g/mol. The number of ether oxygens (including phenoxy) is 1. The van der Waals surface area contributed by atoms with Crippen LogP contribution in [0.3, 0.4) is 0 Å². The maximum Gasteiger partial charge on any atom is 0.339 e. The van der Waals surface area contributed by atoms with Gasteiger partial charge in [-0.3, -0.25) is 0 Å². The van der Waals surface area contributed by atoms with Crippen LogP contribution >= 0.6 is 0 Å². The smallest absolute Gasteiger partial charge is 0.339 e. The Balaban J connectivity index is 5.66. The molecular formula is C16H35NO4Si2. The topological polar surface area (TPSA) is 56.8 Å². The summed E-state index contributed by atoms with van der Waals surface area (Å²) in [5.74, 6) is 0.451. The van der Waals surface area contributed by atoms with E-state index < -0.39 is 16.6 Å². The van der Waals surface area contributed by atoms with E-state index in [4.69, 9.17) is 13.7 Å². The molecule has 1 atom stereocenters. The van der Waals surface area contributed by atoms with Crippen LogP contribution in [0.25, 0.3) is 0 Å². The molecule has 0 spiro atoms. The van der Waals surface area contributed by atoms with E-state index in [-0.39, 0.29) is 17.9 Å². The lowest BCUT2D eigenvalue weighted by molar-refractivity contribution is -0.139. The zero-order chi connectivity index (χ0) is 18.4. The molecule has 7 heteroatoms. The van der Waals surface area contributed by atoms with E-state index in [9.17, 15) is 4.79 Å². The summed E-state index contributed by atoms with van der Waals surface area (Å²) in [6.07, 6.45) is 0. The second-order valence-electron chi connectivity index (χ2n) is 7.96. The van der Waals surface area contributed by atoms with Crippen molar-refractivity contribution in [2.24, 2.45) is 5.92 Å². The number of nitrogens with one attached hydrogen (secondary N) is 1. The van der Waals surface area contributed by atoms with Gasteiger partial charge in [0.15, 0.2) is 0 Å². The van der Waals surface area contributed by atoms with Gasteiger partial charge < -0.3 is 13.7 Å². The van der Waals surface area contributed by atoms with Gasteiger partial charge in [0.1, 0.15) is 0 Å². The molecule has 0 saturated heterocycles. The lowest BCUT2D eigenvalue weighted by atomic mass is 9.96. The molecule has 0 aromatic carbocycles. The SMILES string of the molecule is CCOC(=O)/C(=C(/C)O[Si](C)(C)C)C(NO[Si](C)(C)C)C(C)C. The van der Waals surface area contributed by atoms with Crippen molar-refractivity contribution in [2.45, 2.75) is 73.0 Å². The molecule has 136 valence electrons. The highest BCUT2D eigenvalue weighted by Crippen LogP contribution is 2.22. The number of carbonyl (C=O) groups is 1. The van der Waals surface area contributed by atoms with Gasteiger partial charge in [-0.25, -0.2) is 10.3 Å². The number of carbonyl (C=O) groups excluding carboxylic acids is 1. The molecule has 1 N–H and O–H groups in total. The van der Waals surface area contributed by atoms with Crippen molar-refractivity contribution in [2.75, 3.05) is 6.61 Å². The summed E-state index contributed by atoms with van der Waals surface area (Å²) in [6.45, 7) is 20.6. The molecule has 0 amide bonds. The van der Waals surface area contributed by atoms with Crippen LogP contribution in [0.5, 0.6) is 0 Å². The molecule has 0 bridgehead atoms. The van der Waals surface area contributed by atoms with Gasteiger partial charge in [0.25, 0.3) is 0 Å². The van der Waals surface area contributed by atoms with Crippen molar-refractivity contribution in [1.82, 2.24) is 5.48 Å². The minimum Gasteiger partial charge on any atom is -0.547 e. The summed E-state index contributed by atoms with van der Waals surface area (Å²) in [7, 11) is -3.58. The summed E-state index contributed by atoms with van der Waals surface area (Å²) in [5, 5.41) is 0. The Labute approximate surface area is 144 Å². The van der Waals surface area contributed by atoms with Crippen LogP contribution in [0, 0.1) is 5.92 Å². The Morgan fingerprint density at radius 1 is 1.04 bits per heavy atom. The zero-order valence-electron chi connectivity index (χ0n) is 16.5. The number of hydrogen-bond acceptors (Lipinski definition) is 5. The lowest BCUT2D eigenvalue weighted by Crippen LogP contribution is -2.45. The zero-order valence-corrected chi connectivity index (χ0v) is 18.5. The van der Waals surface area contributed by atoms with Gasteiger partial charge in [0.05, 0.1) is 24.0 Å². The molecule has 0 aliphatic carbocycles. The minimum absolute atomic E-state index is 0.158. The van der Waals surface area contributed by atoms with Crippen LogP contribution in [0.1, 0.15) is 27.7 Å². The van der Waals surface area contributed by atoms with Crippen molar-refractivity contribution in [1.29, 1.82) is 0 Å². The fourth-order valence-electron chi connectivity index (χ4n) is 1.98. The predicted molar refractivity (Wildman–Crippen MR) is 100.0 cm³/mol. The van der Waals surface area contributed by atoms with E-state index in [2.05, 4.69) is 44.8 Å². The molecule has 0 aliphatic heterocycles. The highest BCUT2D eigenvalue weighted by Gasteiger charge is 2.31. The lowest BCUT2D eigenvalue weighted by Gasteiger charge is -2.30. The minimum atomic E-state index is -1.82.